The average Bonchev–Trinajstić information content (AvgIpc) is 3.06. The molecule has 0 aliphatic rings. The number of imidazole rings is 1. The maximum atomic E-state index is 11.9. The summed E-state index contributed by atoms with van der Waals surface area (Å²) in [7, 11) is 0. The van der Waals surface area contributed by atoms with Gasteiger partial charge in [-0.2, -0.15) is 5.48 Å². The van der Waals surface area contributed by atoms with Crippen molar-refractivity contribution < 1.29 is 28.8 Å². The van der Waals surface area contributed by atoms with Crippen LogP contribution in [-0.2, 0) is 20.9 Å². The van der Waals surface area contributed by atoms with Crippen LogP contribution < -0.4 is 10.8 Å². The first-order valence-electron chi connectivity index (χ1n) is 10.0. The number of hydroxylamine groups is 1. The van der Waals surface area contributed by atoms with Gasteiger partial charge in [0.2, 0.25) is 0 Å². The van der Waals surface area contributed by atoms with Gasteiger partial charge in [-0.05, 0) is 65.7 Å². The fraction of sp³-hybridized carbons (Fsp3) is 0.737. The molecule has 1 unspecified atom stereocenters. The normalized spacial score (nSPS) is 12.7. The lowest BCUT2D eigenvalue weighted by Gasteiger charge is -2.23. The molecule has 0 aliphatic heterocycles. The van der Waals surface area contributed by atoms with Crippen LogP contribution in [0.1, 0.15) is 60.8 Å². The van der Waals surface area contributed by atoms with Gasteiger partial charge in [-0.3, -0.25) is 4.84 Å². The Morgan fingerprint density at radius 1 is 1.13 bits per heavy atom. The van der Waals surface area contributed by atoms with Crippen LogP contribution in [0.4, 0.5) is 15.5 Å². The Balaban J connectivity index is 2.55. The molecule has 31 heavy (non-hydrogen) atoms. The van der Waals surface area contributed by atoms with Gasteiger partial charge in [-0.25, -0.2) is 14.2 Å². The maximum absolute atomic E-state index is 11.9. The molecule has 0 aliphatic carbocycles. The molecule has 2 N–H and O–H groups in total. The van der Waals surface area contributed by atoms with E-state index in [1.54, 1.807) is 47.7 Å². The highest BCUT2D eigenvalue weighted by Gasteiger charge is 2.21. The van der Waals surface area contributed by atoms with Gasteiger partial charge in [-0.15, -0.1) is 0 Å². The third-order valence-electron chi connectivity index (χ3n) is 3.61. The molecule has 1 aromatic rings. The molecule has 12 heteroatoms. The molecule has 0 spiro atoms. The number of hydrogen-bond acceptors (Lipinski definition) is 8. The van der Waals surface area contributed by atoms with E-state index in [2.05, 4.69) is 15.8 Å². The van der Waals surface area contributed by atoms with Crippen molar-refractivity contribution in [3.63, 3.8) is 0 Å². The number of nitrogens with one attached hydrogen (secondary N) is 2. The lowest BCUT2D eigenvalue weighted by Crippen LogP contribution is -2.41. The molecule has 1 heterocycles. The monoisotopic (exact) mass is 443 g/mol. The van der Waals surface area contributed by atoms with Crippen LogP contribution in [0.25, 0.3) is 0 Å². The van der Waals surface area contributed by atoms with Crippen molar-refractivity contribution in [2.75, 3.05) is 6.54 Å². The Hall–Kier alpha value is -2.89. The largest absolute Gasteiger partial charge is 0.444 e. The lowest BCUT2D eigenvalue weighted by molar-refractivity contribution is -0.396. The quantitative estimate of drug-likeness (QED) is 0.318. The molecule has 0 aromatic carbocycles. The summed E-state index contributed by atoms with van der Waals surface area (Å²) in [6, 6.07) is 0. The van der Waals surface area contributed by atoms with E-state index >= 15 is 0 Å². The number of ether oxygens (including phenoxy) is 2. The second kappa shape index (κ2) is 11.5. The molecule has 12 nitrogen and oxygen atoms in total. The average molecular weight is 444 g/mol. The number of alkyl carbamates (subject to hydrolysis) is 1. The summed E-state index contributed by atoms with van der Waals surface area (Å²) in [6.45, 7) is 10.9. The summed E-state index contributed by atoms with van der Waals surface area (Å²) in [5, 5.41) is 13.5. The Morgan fingerprint density at radius 3 is 2.32 bits per heavy atom. The van der Waals surface area contributed by atoms with Crippen molar-refractivity contribution in [3.05, 3.63) is 22.5 Å². The van der Waals surface area contributed by atoms with Gasteiger partial charge in [0, 0.05) is 6.54 Å². The number of hydrogen-bond donors (Lipinski definition) is 2. The number of amides is 2. The zero-order chi connectivity index (χ0) is 23.7. The molecule has 1 atom stereocenters. The molecule has 0 bridgehead atoms. The molecule has 0 fully saturated rings. The fourth-order valence-electron chi connectivity index (χ4n) is 2.45. The van der Waals surface area contributed by atoms with Gasteiger partial charge >= 0.3 is 18.1 Å². The lowest BCUT2D eigenvalue weighted by atomic mass is 10.1. The van der Waals surface area contributed by atoms with E-state index < -0.39 is 34.4 Å². The van der Waals surface area contributed by atoms with Crippen LogP contribution in [0.2, 0.25) is 0 Å². The first kappa shape index (κ1) is 26.1. The van der Waals surface area contributed by atoms with Crippen molar-refractivity contribution in [3.8, 4) is 0 Å². The summed E-state index contributed by atoms with van der Waals surface area (Å²) in [5.74, 6) is -0.217. The molecule has 0 saturated carbocycles. The predicted octanol–water partition coefficient (Wildman–Crippen LogP) is 3.31. The first-order chi connectivity index (χ1) is 14.3. The van der Waals surface area contributed by atoms with Crippen molar-refractivity contribution >= 4 is 18.1 Å². The summed E-state index contributed by atoms with van der Waals surface area (Å²) < 4.78 is 11.8. The minimum Gasteiger partial charge on any atom is -0.444 e. The number of nitrogens with zero attached hydrogens (tertiary/aromatic N) is 3. The fourth-order valence-corrected chi connectivity index (χ4v) is 2.45. The van der Waals surface area contributed by atoms with E-state index in [1.807, 2.05) is 0 Å². The zero-order valence-corrected chi connectivity index (χ0v) is 19.0. The number of rotatable bonds is 10. The molecule has 2 amide bonds. The molecule has 0 radical (unpaired) electrons. The topological polar surface area (TPSA) is 147 Å². The molecule has 176 valence electrons. The summed E-state index contributed by atoms with van der Waals surface area (Å²) in [5.41, 5.74) is 0.905. The van der Waals surface area contributed by atoms with Crippen LogP contribution >= 0.6 is 0 Å². The molecular formula is C19H33N5O7. The molecule has 1 rings (SSSR count). The van der Waals surface area contributed by atoms with Crippen molar-refractivity contribution in [1.29, 1.82) is 0 Å². The number of carbonyl (C=O) groups is 2. The van der Waals surface area contributed by atoms with E-state index in [0.717, 1.165) is 0 Å². The van der Waals surface area contributed by atoms with Crippen LogP contribution in [0.3, 0.4) is 0 Å². The van der Waals surface area contributed by atoms with Crippen molar-refractivity contribution in [2.24, 2.45) is 0 Å². The third-order valence-corrected chi connectivity index (χ3v) is 3.61. The highest BCUT2D eigenvalue weighted by molar-refractivity contribution is 5.67. The highest BCUT2D eigenvalue weighted by atomic mass is 16.7. The minimum absolute atomic E-state index is 0.0932. The maximum Gasteiger partial charge on any atom is 0.434 e. The Labute approximate surface area is 181 Å². The van der Waals surface area contributed by atoms with E-state index in [4.69, 9.17) is 14.3 Å². The molecular weight excluding hydrogens is 410 g/mol. The first-order valence-corrected chi connectivity index (χ1v) is 10.0. The molecule has 1 aromatic heterocycles. The smallest absolute Gasteiger partial charge is 0.434 e. The Bertz CT molecular complexity index is 705. The minimum atomic E-state index is -0.746. The van der Waals surface area contributed by atoms with E-state index in [0.29, 0.717) is 25.8 Å². The summed E-state index contributed by atoms with van der Waals surface area (Å²) in [4.78, 5) is 43.2. The standard InChI is InChI=1S/C19H33N5O7/c1-18(2,3)29-16(25)21-13-14(31-22-17(26)30-19(4,5)6)9-7-8-11-23-12-10-20-15(23)24(27)28/h10,12,14H,7-9,11,13H2,1-6H3,(H,21,25)(H,22,26). The van der Waals surface area contributed by atoms with Crippen LogP contribution in [0, 0.1) is 10.1 Å². The van der Waals surface area contributed by atoms with Gasteiger partial charge in [0.25, 0.3) is 0 Å². The van der Waals surface area contributed by atoms with Crippen molar-refractivity contribution in [1.82, 2.24) is 20.3 Å². The number of nitro groups is 1. The van der Waals surface area contributed by atoms with E-state index in [9.17, 15) is 19.7 Å². The number of aryl methyl sites for hydroxylation is 1. The van der Waals surface area contributed by atoms with E-state index in [1.165, 1.54) is 10.8 Å². The van der Waals surface area contributed by atoms with Crippen molar-refractivity contribution in [2.45, 2.75) is 84.7 Å². The second-order valence-electron chi connectivity index (χ2n) is 8.90. The van der Waals surface area contributed by atoms with Gasteiger partial charge in [0.05, 0.1) is 6.54 Å². The van der Waals surface area contributed by atoms with Crippen LogP contribution in [0.5, 0.6) is 0 Å². The van der Waals surface area contributed by atoms with Gasteiger partial charge in [0.1, 0.15) is 29.7 Å². The predicted molar refractivity (Wildman–Crippen MR) is 111 cm³/mol. The Morgan fingerprint density at radius 2 is 1.74 bits per heavy atom. The van der Waals surface area contributed by atoms with Crippen LogP contribution in [-0.4, -0.2) is 50.5 Å². The summed E-state index contributed by atoms with van der Waals surface area (Å²) >= 11 is 0. The highest BCUT2D eigenvalue weighted by Crippen LogP contribution is 2.12. The second-order valence-corrected chi connectivity index (χ2v) is 8.90. The van der Waals surface area contributed by atoms with Gasteiger partial charge in [0.15, 0.2) is 0 Å². The summed E-state index contributed by atoms with van der Waals surface area (Å²) in [6.07, 6.45) is 2.70. The van der Waals surface area contributed by atoms with Gasteiger partial charge in [-0.1, -0.05) is 4.98 Å². The van der Waals surface area contributed by atoms with E-state index in [-0.39, 0.29) is 12.5 Å². The van der Waals surface area contributed by atoms with Gasteiger partial charge < -0.3 is 24.9 Å². The Kier molecular flexibility index (Phi) is 9.69. The zero-order valence-electron chi connectivity index (χ0n) is 19.0. The molecule has 0 saturated heterocycles. The van der Waals surface area contributed by atoms with Crippen LogP contribution in [0.15, 0.2) is 12.4 Å². The number of carbonyl (C=O) groups excluding carboxylic acids is 2. The third kappa shape index (κ3) is 11.8. The number of aromatic nitrogens is 2. The SMILES string of the molecule is CC(C)(C)OC(=O)NCC(CCCCn1ccnc1[N+](=O)[O-])ONC(=O)OC(C)(C)C. The number of unbranched alkanes of at least 4 members (excludes halogenated alkanes) is 1.